The zero-order valence-corrected chi connectivity index (χ0v) is 9.88. The summed E-state index contributed by atoms with van der Waals surface area (Å²) in [6.07, 6.45) is 5.01. The number of para-hydroxylation sites is 2. The second kappa shape index (κ2) is 4.49. The molecule has 2 aromatic rings. The third-order valence-corrected chi connectivity index (χ3v) is 3.02. The minimum absolute atomic E-state index is 0.219. The zero-order chi connectivity index (χ0) is 12.4. The van der Waals surface area contributed by atoms with Crippen LogP contribution in [0.3, 0.4) is 0 Å². The van der Waals surface area contributed by atoms with Crippen LogP contribution < -0.4 is 0 Å². The van der Waals surface area contributed by atoms with Crippen LogP contribution in [0.4, 0.5) is 5.69 Å². The summed E-state index contributed by atoms with van der Waals surface area (Å²) in [7, 11) is 0. The van der Waals surface area contributed by atoms with Gasteiger partial charge < -0.3 is 5.11 Å². The van der Waals surface area contributed by atoms with Gasteiger partial charge in [-0.3, -0.25) is 0 Å². The number of fused-ring (bicyclic) bond motifs is 1. The number of hydrogen-bond donors (Lipinski definition) is 1. The van der Waals surface area contributed by atoms with E-state index in [1.165, 1.54) is 5.56 Å². The number of nitrogens with zero attached hydrogens (tertiary/aromatic N) is 1. The summed E-state index contributed by atoms with van der Waals surface area (Å²) in [5.41, 5.74) is 3.94. The van der Waals surface area contributed by atoms with E-state index in [4.69, 9.17) is 0 Å². The molecule has 18 heavy (non-hydrogen) atoms. The Kier molecular flexibility index (Phi) is 2.69. The lowest BCUT2D eigenvalue weighted by Gasteiger charge is -2.13. The zero-order valence-electron chi connectivity index (χ0n) is 9.88. The minimum atomic E-state index is 0.219. The first-order chi connectivity index (χ1) is 8.84. The van der Waals surface area contributed by atoms with Crippen LogP contribution in [0.2, 0.25) is 0 Å². The molecule has 0 radical (unpaired) electrons. The maximum Gasteiger partial charge on any atom is 0.141 e. The van der Waals surface area contributed by atoms with Crippen molar-refractivity contribution < 1.29 is 5.11 Å². The molecule has 0 spiro atoms. The van der Waals surface area contributed by atoms with Gasteiger partial charge in [0.25, 0.3) is 0 Å². The predicted molar refractivity (Wildman–Crippen MR) is 74.4 cm³/mol. The second-order valence-corrected chi connectivity index (χ2v) is 4.24. The molecule has 1 aliphatic carbocycles. The number of allylic oxidation sites excluding steroid dienone is 1. The average molecular weight is 235 g/mol. The van der Waals surface area contributed by atoms with Crippen molar-refractivity contribution in [2.75, 3.05) is 0 Å². The highest BCUT2D eigenvalue weighted by atomic mass is 16.3. The molecular formula is C16H13NO. The highest BCUT2D eigenvalue weighted by Crippen LogP contribution is 2.28. The molecule has 1 aliphatic rings. The van der Waals surface area contributed by atoms with Crippen molar-refractivity contribution in [3.8, 4) is 5.75 Å². The first-order valence-corrected chi connectivity index (χ1v) is 5.96. The first-order valence-electron chi connectivity index (χ1n) is 5.96. The lowest BCUT2D eigenvalue weighted by molar-refractivity contribution is 0.477. The normalized spacial score (nSPS) is 15.7. The summed E-state index contributed by atoms with van der Waals surface area (Å²) >= 11 is 0. The molecule has 0 aliphatic heterocycles. The van der Waals surface area contributed by atoms with Crippen LogP contribution in [0.15, 0.2) is 59.6 Å². The average Bonchev–Trinajstić information content (AvgIpc) is 2.42. The van der Waals surface area contributed by atoms with Gasteiger partial charge in [-0.1, -0.05) is 48.6 Å². The number of phenols is 1. The van der Waals surface area contributed by atoms with Crippen LogP contribution in [0.1, 0.15) is 17.5 Å². The Morgan fingerprint density at radius 3 is 2.61 bits per heavy atom. The molecule has 0 saturated carbocycles. The van der Waals surface area contributed by atoms with Gasteiger partial charge in [0.2, 0.25) is 0 Å². The molecule has 0 unspecified atom stereocenters. The Balaban J connectivity index is 2.09. The Morgan fingerprint density at radius 2 is 1.72 bits per heavy atom. The Morgan fingerprint density at radius 1 is 0.944 bits per heavy atom. The lowest BCUT2D eigenvalue weighted by Crippen LogP contribution is -2.05. The van der Waals surface area contributed by atoms with Crippen molar-refractivity contribution >= 4 is 17.5 Å². The Bertz CT molecular complexity index is 641. The van der Waals surface area contributed by atoms with Gasteiger partial charge in [-0.05, 0) is 17.7 Å². The number of aromatic hydroxyl groups is 1. The van der Waals surface area contributed by atoms with Gasteiger partial charge in [-0.2, -0.15) is 0 Å². The maximum absolute atomic E-state index is 9.76. The van der Waals surface area contributed by atoms with E-state index >= 15 is 0 Å². The SMILES string of the molecule is Oc1ccccc1N=C1CC=Cc2ccccc21. The molecule has 0 amide bonds. The molecule has 0 fully saturated rings. The van der Waals surface area contributed by atoms with E-state index in [-0.39, 0.29) is 5.75 Å². The Hall–Kier alpha value is -2.35. The largest absolute Gasteiger partial charge is 0.506 e. The fraction of sp³-hybridized carbons (Fsp3) is 0.0625. The number of aliphatic imine (C=N–C) groups is 1. The van der Waals surface area contributed by atoms with E-state index in [2.05, 4.69) is 29.3 Å². The molecule has 2 heteroatoms. The third-order valence-electron chi connectivity index (χ3n) is 3.02. The van der Waals surface area contributed by atoms with Gasteiger partial charge in [0.05, 0.1) is 5.71 Å². The van der Waals surface area contributed by atoms with E-state index in [0.717, 1.165) is 17.7 Å². The lowest BCUT2D eigenvalue weighted by atomic mass is 9.95. The number of hydrogen-bond acceptors (Lipinski definition) is 2. The van der Waals surface area contributed by atoms with Crippen molar-refractivity contribution in [3.63, 3.8) is 0 Å². The molecule has 2 nitrogen and oxygen atoms in total. The molecular weight excluding hydrogens is 222 g/mol. The fourth-order valence-electron chi connectivity index (χ4n) is 2.12. The highest BCUT2D eigenvalue weighted by molar-refractivity contribution is 6.07. The molecule has 1 N–H and O–H groups in total. The summed E-state index contributed by atoms with van der Waals surface area (Å²) in [5.74, 6) is 0.219. The van der Waals surface area contributed by atoms with Gasteiger partial charge >= 0.3 is 0 Å². The summed E-state index contributed by atoms with van der Waals surface area (Å²) in [6.45, 7) is 0. The molecule has 3 rings (SSSR count). The predicted octanol–water partition coefficient (Wildman–Crippen LogP) is 3.93. The van der Waals surface area contributed by atoms with Crippen molar-refractivity contribution in [1.29, 1.82) is 0 Å². The van der Waals surface area contributed by atoms with E-state index in [0.29, 0.717) is 5.69 Å². The summed E-state index contributed by atoms with van der Waals surface area (Å²) < 4.78 is 0. The molecule has 0 aromatic heterocycles. The van der Waals surface area contributed by atoms with E-state index < -0.39 is 0 Å². The monoisotopic (exact) mass is 235 g/mol. The van der Waals surface area contributed by atoms with Crippen molar-refractivity contribution in [2.45, 2.75) is 6.42 Å². The molecule has 0 bridgehead atoms. The number of rotatable bonds is 1. The van der Waals surface area contributed by atoms with Gasteiger partial charge in [0, 0.05) is 12.0 Å². The summed E-state index contributed by atoms with van der Waals surface area (Å²) in [4.78, 5) is 4.57. The van der Waals surface area contributed by atoms with Gasteiger partial charge in [0.15, 0.2) is 0 Å². The van der Waals surface area contributed by atoms with Crippen molar-refractivity contribution in [1.82, 2.24) is 0 Å². The van der Waals surface area contributed by atoms with Gasteiger partial charge in [-0.15, -0.1) is 0 Å². The topological polar surface area (TPSA) is 32.6 Å². The van der Waals surface area contributed by atoms with Crippen molar-refractivity contribution in [2.24, 2.45) is 4.99 Å². The van der Waals surface area contributed by atoms with Crippen LogP contribution in [-0.2, 0) is 0 Å². The molecule has 0 heterocycles. The maximum atomic E-state index is 9.76. The number of phenolic OH excluding ortho intramolecular Hbond substituents is 1. The smallest absolute Gasteiger partial charge is 0.141 e. The first kappa shape index (κ1) is 10.8. The standard InChI is InChI=1S/C16H13NO/c18-16-11-4-3-9-15(16)17-14-10-5-7-12-6-1-2-8-13(12)14/h1-9,11,18H,10H2. The highest BCUT2D eigenvalue weighted by Gasteiger charge is 2.11. The summed E-state index contributed by atoms with van der Waals surface area (Å²) in [5, 5.41) is 9.76. The molecule has 88 valence electrons. The minimum Gasteiger partial charge on any atom is -0.506 e. The third kappa shape index (κ3) is 1.93. The van der Waals surface area contributed by atoms with Gasteiger partial charge in [-0.25, -0.2) is 4.99 Å². The number of benzene rings is 2. The Labute approximate surface area is 106 Å². The second-order valence-electron chi connectivity index (χ2n) is 4.24. The van der Waals surface area contributed by atoms with Crippen LogP contribution in [0, 0.1) is 0 Å². The molecule has 2 aromatic carbocycles. The summed E-state index contributed by atoms with van der Waals surface area (Å²) in [6, 6.07) is 15.3. The fourth-order valence-corrected chi connectivity index (χ4v) is 2.12. The van der Waals surface area contributed by atoms with E-state index in [9.17, 15) is 5.11 Å². The van der Waals surface area contributed by atoms with Crippen LogP contribution in [0.25, 0.3) is 6.08 Å². The van der Waals surface area contributed by atoms with Crippen LogP contribution in [-0.4, -0.2) is 10.8 Å². The van der Waals surface area contributed by atoms with Crippen LogP contribution >= 0.6 is 0 Å². The van der Waals surface area contributed by atoms with Crippen LogP contribution in [0.5, 0.6) is 5.75 Å². The molecule has 0 saturated heterocycles. The molecule has 0 atom stereocenters. The van der Waals surface area contributed by atoms with E-state index in [1.54, 1.807) is 12.1 Å². The van der Waals surface area contributed by atoms with E-state index in [1.807, 2.05) is 24.3 Å². The van der Waals surface area contributed by atoms with Gasteiger partial charge in [0.1, 0.15) is 11.4 Å². The van der Waals surface area contributed by atoms with Crippen molar-refractivity contribution in [3.05, 3.63) is 65.7 Å². The quantitative estimate of drug-likeness (QED) is 0.798.